The normalized spacial score (nSPS) is 11.2. The molecule has 0 heterocycles. The maximum atomic E-state index is 11.8. The van der Waals surface area contributed by atoms with E-state index in [1.807, 2.05) is 55.5 Å². The Balaban J connectivity index is 1.77. The molecule has 6 heteroatoms. The van der Waals surface area contributed by atoms with Crippen LogP contribution in [-0.2, 0) is 10.5 Å². The highest BCUT2D eigenvalue weighted by atomic mass is 35.5. The average molecular weight is 363 g/mol. The molecule has 0 aliphatic rings. The highest BCUT2D eigenvalue weighted by molar-refractivity contribution is 7.99. The predicted molar refractivity (Wildman–Crippen MR) is 101 cm³/mol. The van der Waals surface area contributed by atoms with Gasteiger partial charge < -0.3 is 4.74 Å². The number of amides is 1. The first-order valence-electron chi connectivity index (χ1n) is 7.38. The summed E-state index contributed by atoms with van der Waals surface area (Å²) in [7, 11) is 1.62. The van der Waals surface area contributed by atoms with E-state index < -0.39 is 0 Å². The fourth-order valence-electron chi connectivity index (χ4n) is 1.92. The summed E-state index contributed by atoms with van der Waals surface area (Å²) >= 11 is 7.37. The fourth-order valence-corrected chi connectivity index (χ4v) is 2.82. The van der Waals surface area contributed by atoms with Gasteiger partial charge in [0.25, 0.3) is 0 Å². The Morgan fingerprint density at radius 3 is 2.46 bits per heavy atom. The first kappa shape index (κ1) is 18.4. The number of benzene rings is 2. The molecule has 0 aromatic heterocycles. The number of carbonyl (C=O) groups is 1. The number of rotatable bonds is 7. The Bertz CT molecular complexity index is 700. The van der Waals surface area contributed by atoms with Gasteiger partial charge in [-0.25, -0.2) is 5.43 Å². The van der Waals surface area contributed by atoms with Crippen LogP contribution in [0.5, 0.6) is 5.75 Å². The summed E-state index contributed by atoms with van der Waals surface area (Å²) in [6.45, 7) is 1.85. The number of thioether (sulfide) groups is 1. The van der Waals surface area contributed by atoms with Crippen molar-refractivity contribution in [1.82, 2.24) is 5.43 Å². The molecule has 24 heavy (non-hydrogen) atoms. The summed E-state index contributed by atoms with van der Waals surface area (Å²) in [6.07, 6.45) is 0. The molecule has 0 aliphatic carbocycles. The molecular weight excluding hydrogens is 344 g/mol. The first-order chi connectivity index (χ1) is 11.6. The van der Waals surface area contributed by atoms with Crippen LogP contribution in [0.15, 0.2) is 53.6 Å². The lowest BCUT2D eigenvalue weighted by atomic mass is 10.1. The zero-order chi connectivity index (χ0) is 17.4. The van der Waals surface area contributed by atoms with Crippen molar-refractivity contribution in [2.45, 2.75) is 12.7 Å². The van der Waals surface area contributed by atoms with Crippen LogP contribution < -0.4 is 10.2 Å². The van der Waals surface area contributed by atoms with E-state index in [4.69, 9.17) is 16.3 Å². The Labute approximate surface area is 151 Å². The van der Waals surface area contributed by atoms with Gasteiger partial charge in [-0.1, -0.05) is 23.7 Å². The van der Waals surface area contributed by atoms with E-state index >= 15 is 0 Å². The molecule has 126 valence electrons. The smallest absolute Gasteiger partial charge is 0.250 e. The van der Waals surface area contributed by atoms with E-state index in [1.165, 1.54) is 11.8 Å². The van der Waals surface area contributed by atoms with Crippen molar-refractivity contribution in [3.05, 3.63) is 64.7 Å². The maximum absolute atomic E-state index is 11.8. The first-order valence-corrected chi connectivity index (χ1v) is 8.91. The zero-order valence-corrected chi connectivity index (χ0v) is 15.2. The number of hydrogen-bond acceptors (Lipinski definition) is 4. The molecule has 0 fully saturated rings. The second kappa shape index (κ2) is 9.35. The van der Waals surface area contributed by atoms with E-state index in [2.05, 4.69) is 10.5 Å². The van der Waals surface area contributed by atoms with Crippen molar-refractivity contribution in [2.75, 3.05) is 12.9 Å². The topological polar surface area (TPSA) is 50.7 Å². The molecule has 2 rings (SSSR count). The van der Waals surface area contributed by atoms with Crippen LogP contribution in [0, 0.1) is 0 Å². The lowest BCUT2D eigenvalue weighted by molar-refractivity contribution is -0.118. The molecule has 0 atom stereocenters. The molecule has 1 amide bonds. The number of nitrogens with zero attached hydrogens (tertiary/aromatic N) is 1. The standard InChI is InChI=1S/C18H19ClN2O2S/c1-13(15-5-9-17(23-2)10-6-15)20-21-18(22)12-24-11-14-3-7-16(19)8-4-14/h3-10H,11-12H2,1-2H3,(H,21,22)/b20-13+. The molecular formula is C18H19ClN2O2S. The van der Waals surface area contributed by atoms with Gasteiger partial charge in [0.2, 0.25) is 5.91 Å². The summed E-state index contributed by atoms with van der Waals surface area (Å²) in [6, 6.07) is 15.1. The third-order valence-corrected chi connectivity index (χ3v) is 4.53. The Hall–Kier alpha value is -1.98. The molecule has 0 bridgehead atoms. The molecule has 0 aliphatic heterocycles. The highest BCUT2D eigenvalue weighted by Gasteiger charge is 2.03. The monoisotopic (exact) mass is 362 g/mol. The minimum Gasteiger partial charge on any atom is -0.497 e. The summed E-state index contributed by atoms with van der Waals surface area (Å²) in [4.78, 5) is 11.8. The van der Waals surface area contributed by atoms with Crippen molar-refractivity contribution in [3.8, 4) is 5.75 Å². The highest BCUT2D eigenvalue weighted by Crippen LogP contribution is 2.15. The number of halogens is 1. The number of carbonyl (C=O) groups excluding carboxylic acids is 1. The van der Waals surface area contributed by atoms with Gasteiger partial charge in [0.1, 0.15) is 5.75 Å². The summed E-state index contributed by atoms with van der Waals surface area (Å²) < 4.78 is 5.11. The third-order valence-electron chi connectivity index (χ3n) is 3.27. The van der Waals surface area contributed by atoms with Gasteiger partial charge in [0.05, 0.1) is 18.6 Å². The number of nitrogens with one attached hydrogen (secondary N) is 1. The van der Waals surface area contributed by atoms with Crippen molar-refractivity contribution in [2.24, 2.45) is 5.10 Å². The largest absolute Gasteiger partial charge is 0.497 e. The summed E-state index contributed by atoms with van der Waals surface area (Å²) in [5, 5.41) is 4.85. The molecule has 1 N–H and O–H groups in total. The average Bonchev–Trinajstić information content (AvgIpc) is 2.61. The molecule has 0 radical (unpaired) electrons. The molecule has 0 saturated carbocycles. The van der Waals surface area contributed by atoms with Gasteiger partial charge in [-0.2, -0.15) is 5.10 Å². The molecule has 4 nitrogen and oxygen atoms in total. The number of methoxy groups -OCH3 is 1. The zero-order valence-electron chi connectivity index (χ0n) is 13.6. The molecule has 0 spiro atoms. The van der Waals surface area contributed by atoms with Gasteiger partial charge in [-0.3, -0.25) is 4.79 Å². The van der Waals surface area contributed by atoms with Crippen LogP contribution in [0.4, 0.5) is 0 Å². The minimum atomic E-state index is -0.123. The van der Waals surface area contributed by atoms with Crippen molar-refractivity contribution in [3.63, 3.8) is 0 Å². The third kappa shape index (κ3) is 5.91. The summed E-state index contributed by atoms with van der Waals surface area (Å²) in [5.74, 6) is 1.77. The van der Waals surface area contributed by atoms with Crippen molar-refractivity contribution in [1.29, 1.82) is 0 Å². The van der Waals surface area contributed by atoms with Crippen LogP contribution in [0.25, 0.3) is 0 Å². The van der Waals surface area contributed by atoms with Crippen LogP contribution >= 0.6 is 23.4 Å². The van der Waals surface area contributed by atoms with Gasteiger partial charge >= 0.3 is 0 Å². The van der Waals surface area contributed by atoms with E-state index in [0.717, 1.165) is 28.3 Å². The minimum absolute atomic E-state index is 0.123. The number of hydrazone groups is 1. The molecule has 2 aromatic rings. The Morgan fingerprint density at radius 1 is 1.17 bits per heavy atom. The predicted octanol–water partition coefficient (Wildman–Crippen LogP) is 4.12. The molecule has 0 unspecified atom stereocenters. The van der Waals surface area contributed by atoms with Crippen molar-refractivity contribution >= 4 is 35.0 Å². The lowest BCUT2D eigenvalue weighted by Gasteiger charge is -2.05. The van der Waals surface area contributed by atoms with E-state index in [0.29, 0.717) is 10.8 Å². The van der Waals surface area contributed by atoms with Crippen molar-refractivity contribution < 1.29 is 9.53 Å². The Kier molecular flexibility index (Phi) is 7.15. The molecule has 0 saturated heterocycles. The SMILES string of the molecule is COc1ccc(/C(C)=N/NC(=O)CSCc2ccc(Cl)cc2)cc1. The second-order valence-corrected chi connectivity index (χ2v) is 6.50. The fraction of sp³-hybridized carbons (Fsp3) is 0.222. The lowest BCUT2D eigenvalue weighted by Crippen LogP contribution is -2.21. The van der Waals surface area contributed by atoms with Crippen LogP contribution in [0.1, 0.15) is 18.1 Å². The molecule has 2 aromatic carbocycles. The summed E-state index contributed by atoms with van der Waals surface area (Å²) in [5.41, 5.74) is 5.39. The van der Waals surface area contributed by atoms with Crippen LogP contribution in [-0.4, -0.2) is 24.5 Å². The van der Waals surface area contributed by atoms with Gasteiger partial charge in [-0.15, -0.1) is 11.8 Å². The number of hydrogen-bond donors (Lipinski definition) is 1. The van der Waals surface area contributed by atoms with Crippen LogP contribution in [0.3, 0.4) is 0 Å². The van der Waals surface area contributed by atoms with E-state index in [-0.39, 0.29) is 5.91 Å². The quantitative estimate of drug-likeness (QED) is 0.595. The van der Waals surface area contributed by atoms with Crippen LogP contribution in [0.2, 0.25) is 5.02 Å². The number of ether oxygens (including phenoxy) is 1. The Morgan fingerprint density at radius 2 is 1.83 bits per heavy atom. The van der Waals surface area contributed by atoms with Gasteiger partial charge in [0.15, 0.2) is 0 Å². The second-order valence-electron chi connectivity index (χ2n) is 5.08. The maximum Gasteiger partial charge on any atom is 0.250 e. The van der Waals surface area contributed by atoms with E-state index in [1.54, 1.807) is 7.11 Å². The van der Waals surface area contributed by atoms with E-state index in [9.17, 15) is 4.79 Å². The van der Waals surface area contributed by atoms with Gasteiger partial charge in [-0.05, 0) is 54.4 Å². The van der Waals surface area contributed by atoms with Gasteiger partial charge in [0, 0.05) is 10.8 Å².